The second-order valence-corrected chi connectivity index (χ2v) is 9.28. The van der Waals surface area contributed by atoms with Crippen molar-refractivity contribution in [3.8, 4) is 22.8 Å². The highest BCUT2D eigenvalue weighted by molar-refractivity contribution is 5.95. The van der Waals surface area contributed by atoms with E-state index in [1.54, 1.807) is 11.0 Å². The van der Waals surface area contributed by atoms with E-state index in [1.165, 1.54) is 18.3 Å². The Morgan fingerprint density at radius 1 is 1.24 bits per heavy atom. The molecule has 2 aromatic heterocycles. The van der Waals surface area contributed by atoms with E-state index in [1.807, 2.05) is 25.1 Å². The number of imidazole rings is 1. The largest absolute Gasteiger partial charge is 0.382 e. The third-order valence-electron chi connectivity index (χ3n) is 6.70. The molecule has 3 heterocycles. The highest BCUT2D eigenvalue weighted by Crippen LogP contribution is 2.29. The van der Waals surface area contributed by atoms with Crippen LogP contribution in [0.3, 0.4) is 0 Å². The number of hydrogen-bond donors (Lipinski definition) is 2. The Morgan fingerprint density at radius 2 is 2.06 bits per heavy atom. The molecule has 5 rings (SSSR count). The molecule has 3 N–H and O–H groups in total. The number of aromatic amines is 1. The number of carbonyl (C=O) groups is 1. The monoisotopic (exact) mass is 458 g/mol. The molecule has 1 aliphatic rings. The number of rotatable bonds is 4. The predicted molar refractivity (Wildman–Crippen MR) is 131 cm³/mol. The van der Waals surface area contributed by atoms with E-state index in [0.717, 1.165) is 23.0 Å². The summed E-state index contributed by atoms with van der Waals surface area (Å²) in [7, 11) is 0. The van der Waals surface area contributed by atoms with Crippen molar-refractivity contribution in [1.82, 2.24) is 24.8 Å². The fourth-order valence-electron chi connectivity index (χ4n) is 4.53. The summed E-state index contributed by atoms with van der Waals surface area (Å²) in [5, 5.41) is 0. The number of carbonyl (C=O) groups excluding carboxylic acids is 1. The van der Waals surface area contributed by atoms with Crippen molar-refractivity contribution in [2.75, 3.05) is 18.8 Å². The first-order chi connectivity index (χ1) is 16.3. The number of aryl methyl sites for hydroxylation is 1. The van der Waals surface area contributed by atoms with Crippen molar-refractivity contribution in [3.63, 3.8) is 0 Å². The Kier molecular flexibility index (Phi) is 5.51. The molecule has 0 aliphatic carbocycles. The molecule has 2 aromatic carbocycles. The van der Waals surface area contributed by atoms with Gasteiger partial charge in [-0.05, 0) is 48.9 Å². The average Bonchev–Trinajstić information content (AvgIpc) is 3.47. The Bertz CT molecular complexity index is 1400. The maximum atomic E-state index is 15.0. The van der Waals surface area contributed by atoms with E-state index in [0.29, 0.717) is 47.7 Å². The molecule has 1 fully saturated rings. The molecule has 0 saturated carbocycles. The lowest BCUT2D eigenvalue weighted by Gasteiger charge is -2.18. The van der Waals surface area contributed by atoms with Gasteiger partial charge in [-0.1, -0.05) is 32.0 Å². The zero-order chi connectivity index (χ0) is 24.0. The number of amides is 1. The van der Waals surface area contributed by atoms with E-state index >= 15 is 4.39 Å². The molecule has 7 nitrogen and oxygen atoms in total. The van der Waals surface area contributed by atoms with Gasteiger partial charge < -0.3 is 15.6 Å². The average molecular weight is 459 g/mol. The SMILES string of the molecule is Cc1cccc2nc(-c3nc(-c4ccc(C(=O)N5CC[C@@H](C(C)C)C5)c(F)c4)cnc3N)[nH]c12. The third kappa shape index (κ3) is 3.89. The Balaban J connectivity index is 1.45. The number of benzene rings is 2. The lowest BCUT2D eigenvalue weighted by Crippen LogP contribution is -2.30. The molecular weight excluding hydrogens is 431 g/mol. The molecule has 34 heavy (non-hydrogen) atoms. The van der Waals surface area contributed by atoms with Gasteiger partial charge in [0.15, 0.2) is 11.6 Å². The molecule has 1 aliphatic heterocycles. The molecule has 174 valence electrons. The summed E-state index contributed by atoms with van der Waals surface area (Å²) in [5.74, 6) is 0.832. The van der Waals surface area contributed by atoms with E-state index in [9.17, 15) is 4.79 Å². The lowest BCUT2D eigenvalue weighted by molar-refractivity contribution is 0.0779. The van der Waals surface area contributed by atoms with Crippen molar-refractivity contribution >= 4 is 22.8 Å². The highest BCUT2D eigenvalue weighted by Gasteiger charge is 2.30. The normalized spacial score (nSPS) is 16.0. The quantitative estimate of drug-likeness (QED) is 0.456. The minimum atomic E-state index is -0.574. The molecule has 0 bridgehead atoms. The van der Waals surface area contributed by atoms with Crippen molar-refractivity contribution in [2.45, 2.75) is 27.2 Å². The summed E-state index contributed by atoms with van der Waals surface area (Å²) in [5.41, 5.74) is 10.3. The standard InChI is InChI=1S/C26H27FN6O/c1-14(2)17-9-10-33(13-17)26(34)18-8-7-16(11-19(18)27)21-12-29-24(28)23(30-21)25-31-20-6-4-5-15(3)22(20)32-25/h4-8,11-12,14,17H,9-10,13H2,1-3H3,(H2,28,29)(H,31,32)/t17-/m1/s1. The maximum Gasteiger partial charge on any atom is 0.256 e. The lowest BCUT2D eigenvalue weighted by atomic mass is 9.95. The fourth-order valence-corrected chi connectivity index (χ4v) is 4.53. The number of para-hydroxylation sites is 1. The highest BCUT2D eigenvalue weighted by atomic mass is 19.1. The molecule has 8 heteroatoms. The maximum absolute atomic E-state index is 15.0. The van der Waals surface area contributed by atoms with Gasteiger partial charge in [-0.2, -0.15) is 0 Å². The molecule has 1 atom stereocenters. The van der Waals surface area contributed by atoms with E-state index < -0.39 is 5.82 Å². The summed E-state index contributed by atoms with van der Waals surface area (Å²) in [6, 6.07) is 10.4. The topological polar surface area (TPSA) is 101 Å². The summed E-state index contributed by atoms with van der Waals surface area (Å²) in [4.78, 5) is 31.4. The molecule has 0 spiro atoms. The van der Waals surface area contributed by atoms with Gasteiger partial charge in [-0.25, -0.2) is 19.3 Å². The number of nitrogens with one attached hydrogen (secondary N) is 1. The fraction of sp³-hybridized carbons (Fsp3) is 0.308. The van der Waals surface area contributed by atoms with Crippen molar-refractivity contribution in [2.24, 2.45) is 11.8 Å². The Labute approximate surface area is 197 Å². The summed E-state index contributed by atoms with van der Waals surface area (Å²) in [6.45, 7) is 7.63. The van der Waals surface area contributed by atoms with Crippen molar-refractivity contribution in [3.05, 3.63) is 59.5 Å². The zero-order valence-corrected chi connectivity index (χ0v) is 19.5. The van der Waals surface area contributed by atoms with Crippen LogP contribution in [0.25, 0.3) is 33.8 Å². The van der Waals surface area contributed by atoms with Crippen LogP contribution < -0.4 is 5.73 Å². The Hall–Kier alpha value is -3.81. The first-order valence-electron chi connectivity index (χ1n) is 11.5. The zero-order valence-electron chi connectivity index (χ0n) is 19.5. The van der Waals surface area contributed by atoms with Crippen LogP contribution in [0.4, 0.5) is 10.2 Å². The number of nitrogens with two attached hydrogens (primary N) is 1. The first kappa shape index (κ1) is 22.0. The second kappa shape index (κ2) is 8.52. The van der Waals surface area contributed by atoms with Crippen LogP contribution in [0.15, 0.2) is 42.6 Å². The van der Waals surface area contributed by atoms with Gasteiger partial charge in [0.25, 0.3) is 5.91 Å². The van der Waals surface area contributed by atoms with Crippen LogP contribution in [0, 0.1) is 24.6 Å². The minimum absolute atomic E-state index is 0.0737. The van der Waals surface area contributed by atoms with Crippen LogP contribution in [-0.2, 0) is 0 Å². The second-order valence-electron chi connectivity index (χ2n) is 9.28. The van der Waals surface area contributed by atoms with Gasteiger partial charge in [-0.3, -0.25) is 4.79 Å². The number of H-pyrrole nitrogens is 1. The number of aromatic nitrogens is 4. The molecule has 1 saturated heterocycles. The first-order valence-corrected chi connectivity index (χ1v) is 11.5. The van der Waals surface area contributed by atoms with E-state index in [2.05, 4.69) is 33.8 Å². The van der Waals surface area contributed by atoms with Crippen LogP contribution in [-0.4, -0.2) is 43.8 Å². The van der Waals surface area contributed by atoms with Gasteiger partial charge in [0.2, 0.25) is 0 Å². The number of anilines is 1. The van der Waals surface area contributed by atoms with Crippen LogP contribution in [0.2, 0.25) is 0 Å². The van der Waals surface area contributed by atoms with Crippen molar-refractivity contribution in [1.29, 1.82) is 0 Å². The Morgan fingerprint density at radius 3 is 2.76 bits per heavy atom. The van der Waals surface area contributed by atoms with E-state index in [4.69, 9.17) is 5.73 Å². The van der Waals surface area contributed by atoms with Crippen LogP contribution in [0.5, 0.6) is 0 Å². The minimum Gasteiger partial charge on any atom is -0.382 e. The number of halogens is 1. The molecule has 0 unspecified atom stereocenters. The summed E-state index contributed by atoms with van der Waals surface area (Å²) in [6.07, 6.45) is 2.45. The number of likely N-dealkylation sites (tertiary alicyclic amines) is 1. The van der Waals surface area contributed by atoms with Crippen LogP contribution >= 0.6 is 0 Å². The third-order valence-corrected chi connectivity index (χ3v) is 6.70. The number of nitrogens with zero attached hydrogens (tertiary/aromatic N) is 4. The predicted octanol–water partition coefficient (Wildman–Crippen LogP) is 4.83. The number of fused-ring (bicyclic) bond motifs is 1. The van der Waals surface area contributed by atoms with Gasteiger partial charge >= 0.3 is 0 Å². The van der Waals surface area contributed by atoms with Gasteiger partial charge in [0.1, 0.15) is 11.5 Å². The number of hydrogen-bond acceptors (Lipinski definition) is 5. The van der Waals surface area contributed by atoms with Crippen LogP contribution in [0.1, 0.15) is 36.2 Å². The molecule has 4 aromatic rings. The van der Waals surface area contributed by atoms with Gasteiger partial charge in [0, 0.05) is 18.7 Å². The van der Waals surface area contributed by atoms with Crippen molar-refractivity contribution < 1.29 is 9.18 Å². The van der Waals surface area contributed by atoms with Gasteiger partial charge in [-0.15, -0.1) is 0 Å². The van der Waals surface area contributed by atoms with Gasteiger partial charge in [0.05, 0.1) is 28.5 Å². The number of nitrogen functional groups attached to an aromatic ring is 1. The molecule has 0 radical (unpaired) electrons. The summed E-state index contributed by atoms with van der Waals surface area (Å²) >= 11 is 0. The smallest absolute Gasteiger partial charge is 0.256 e. The molecule has 1 amide bonds. The summed E-state index contributed by atoms with van der Waals surface area (Å²) < 4.78 is 15.0. The van der Waals surface area contributed by atoms with E-state index in [-0.39, 0.29) is 17.3 Å². The molecular formula is C26H27FN6O.